The molecule has 0 amide bonds. The molecule has 0 heterocycles. The first-order chi connectivity index (χ1) is 6.17. The van der Waals surface area contributed by atoms with Crippen molar-refractivity contribution in [2.45, 2.75) is 67.2 Å². The van der Waals surface area contributed by atoms with Crippen LogP contribution in [0.4, 0.5) is 0 Å². The van der Waals surface area contributed by atoms with Gasteiger partial charge in [-0.3, -0.25) is 0 Å². The third-order valence-corrected chi connectivity index (χ3v) is 3.32. The fraction of sp³-hybridized carbons (Fsp3) is 1.00. The van der Waals surface area contributed by atoms with E-state index >= 15 is 0 Å². The fourth-order valence-electron chi connectivity index (χ4n) is 2.75. The maximum Gasteiger partial charge on any atom is -0.0380 e. The van der Waals surface area contributed by atoms with Crippen LogP contribution in [0.5, 0.6) is 0 Å². The second-order valence-electron chi connectivity index (χ2n) is 7.63. The summed E-state index contributed by atoms with van der Waals surface area (Å²) in [5.74, 6) is 2.04. The minimum absolute atomic E-state index is 0.529. The van der Waals surface area contributed by atoms with E-state index in [0.29, 0.717) is 10.8 Å². The third-order valence-electron chi connectivity index (χ3n) is 3.32. The molecule has 0 aromatic rings. The van der Waals surface area contributed by atoms with Crippen LogP contribution in [-0.2, 0) is 0 Å². The van der Waals surface area contributed by atoms with E-state index in [2.05, 4.69) is 41.5 Å². The van der Waals surface area contributed by atoms with Crippen molar-refractivity contribution in [2.75, 3.05) is 0 Å². The molecule has 1 saturated carbocycles. The van der Waals surface area contributed by atoms with Gasteiger partial charge in [-0.05, 0) is 48.3 Å². The molecule has 1 aliphatic rings. The van der Waals surface area contributed by atoms with E-state index in [0.717, 1.165) is 11.8 Å². The summed E-state index contributed by atoms with van der Waals surface area (Å²) in [5, 5.41) is 0. The van der Waals surface area contributed by atoms with Crippen LogP contribution in [0, 0.1) is 22.7 Å². The predicted molar refractivity (Wildman–Crippen MR) is 64.4 cm³/mol. The summed E-state index contributed by atoms with van der Waals surface area (Å²) in [6.45, 7) is 14.2. The summed E-state index contributed by atoms with van der Waals surface area (Å²) in [4.78, 5) is 0. The number of hydrogen-bond donors (Lipinski definition) is 0. The molecule has 0 nitrogen and oxygen atoms in total. The van der Waals surface area contributed by atoms with Crippen molar-refractivity contribution in [3.05, 3.63) is 0 Å². The van der Waals surface area contributed by atoms with Crippen LogP contribution in [0.25, 0.3) is 0 Å². The van der Waals surface area contributed by atoms with Crippen molar-refractivity contribution in [1.82, 2.24) is 0 Å². The SMILES string of the molecule is CC(C)(C)CC1CCC1CC(C)(C)C. The van der Waals surface area contributed by atoms with Gasteiger partial charge in [-0.25, -0.2) is 0 Å². The van der Waals surface area contributed by atoms with Gasteiger partial charge in [0.1, 0.15) is 0 Å². The Kier molecular flexibility index (Phi) is 3.33. The van der Waals surface area contributed by atoms with Crippen LogP contribution in [0.2, 0.25) is 0 Å². The van der Waals surface area contributed by atoms with E-state index < -0.39 is 0 Å². The van der Waals surface area contributed by atoms with Crippen molar-refractivity contribution < 1.29 is 0 Å². The molecule has 2 atom stereocenters. The standard InChI is InChI=1S/C14H28/c1-13(2,3)9-11-7-8-12(11)10-14(4,5)6/h11-12H,7-10H2,1-6H3. The van der Waals surface area contributed by atoms with E-state index in [-0.39, 0.29) is 0 Å². The smallest absolute Gasteiger partial charge is 0.0380 e. The predicted octanol–water partition coefficient (Wildman–Crippen LogP) is 4.89. The van der Waals surface area contributed by atoms with Crippen molar-refractivity contribution in [1.29, 1.82) is 0 Å². The molecule has 0 bridgehead atoms. The Hall–Kier alpha value is 0. The van der Waals surface area contributed by atoms with E-state index in [1.165, 1.54) is 25.7 Å². The molecule has 0 aliphatic heterocycles. The Bertz CT molecular complexity index is 155. The minimum atomic E-state index is 0.529. The Balaban J connectivity index is 2.36. The lowest BCUT2D eigenvalue weighted by Gasteiger charge is -2.43. The van der Waals surface area contributed by atoms with Crippen molar-refractivity contribution in [3.8, 4) is 0 Å². The lowest BCUT2D eigenvalue weighted by molar-refractivity contribution is 0.0793. The third kappa shape index (κ3) is 4.02. The zero-order valence-electron chi connectivity index (χ0n) is 11.0. The summed E-state index contributed by atoms with van der Waals surface area (Å²) in [6.07, 6.45) is 5.82. The highest BCUT2D eigenvalue weighted by atomic mass is 14.4. The Morgan fingerprint density at radius 2 is 1.00 bits per heavy atom. The van der Waals surface area contributed by atoms with Crippen LogP contribution >= 0.6 is 0 Å². The van der Waals surface area contributed by atoms with Gasteiger partial charge in [0.05, 0.1) is 0 Å². The van der Waals surface area contributed by atoms with Crippen LogP contribution in [-0.4, -0.2) is 0 Å². The molecule has 0 spiro atoms. The average molecular weight is 196 g/mol. The molecule has 1 aliphatic carbocycles. The summed E-state index contributed by atoms with van der Waals surface area (Å²) in [7, 11) is 0. The van der Waals surface area contributed by atoms with Gasteiger partial charge in [-0.15, -0.1) is 0 Å². The van der Waals surface area contributed by atoms with Gasteiger partial charge in [0.25, 0.3) is 0 Å². The number of rotatable bonds is 2. The first-order valence-electron chi connectivity index (χ1n) is 6.17. The first-order valence-corrected chi connectivity index (χ1v) is 6.17. The van der Waals surface area contributed by atoms with Gasteiger partial charge in [0, 0.05) is 0 Å². The van der Waals surface area contributed by atoms with Crippen LogP contribution in [0.3, 0.4) is 0 Å². The molecular formula is C14H28. The highest BCUT2D eigenvalue weighted by Gasteiger charge is 2.35. The fourth-order valence-corrected chi connectivity index (χ4v) is 2.75. The summed E-state index contributed by atoms with van der Waals surface area (Å²) in [6, 6.07) is 0. The summed E-state index contributed by atoms with van der Waals surface area (Å²) < 4.78 is 0. The van der Waals surface area contributed by atoms with Gasteiger partial charge in [0.2, 0.25) is 0 Å². The lowest BCUT2D eigenvalue weighted by atomic mass is 9.63. The minimum Gasteiger partial charge on any atom is -0.0602 e. The number of hydrogen-bond acceptors (Lipinski definition) is 0. The van der Waals surface area contributed by atoms with Gasteiger partial charge in [-0.1, -0.05) is 41.5 Å². The zero-order valence-corrected chi connectivity index (χ0v) is 11.0. The molecule has 0 radical (unpaired) electrons. The molecule has 0 aromatic carbocycles. The first kappa shape index (κ1) is 12.1. The van der Waals surface area contributed by atoms with Gasteiger partial charge >= 0.3 is 0 Å². The van der Waals surface area contributed by atoms with Gasteiger partial charge < -0.3 is 0 Å². The van der Waals surface area contributed by atoms with Crippen LogP contribution in [0.1, 0.15) is 67.2 Å². The molecule has 1 fully saturated rings. The van der Waals surface area contributed by atoms with E-state index in [1.807, 2.05) is 0 Å². The second-order valence-corrected chi connectivity index (χ2v) is 7.63. The molecule has 1 rings (SSSR count). The van der Waals surface area contributed by atoms with Crippen molar-refractivity contribution in [3.63, 3.8) is 0 Å². The normalized spacial score (nSPS) is 28.7. The van der Waals surface area contributed by atoms with Crippen molar-refractivity contribution >= 4 is 0 Å². The summed E-state index contributed by atoms with van der Waals surface area (Å²) >= 11 is 0. The highest BCUT2D eigenvalue weighted by molar-refractivity contribution is 4.86. The van der Waals surface area contributed by atoms with Gasteiger partial charge in [0.15, 0.2) is 0 Å². The molecule has 2 unspecified atom stereocenters. The van der Waals surface area contributed by atoms with Crippen LogP contribution in [0.15, 0.2) is 0 Å². The van der Waals surface area contributed by atoms with Crippen LogP contribution < -0.4 is 0 Å². The molecule has 0 aromatic heterocycles. The molecule has 0 saturated heterocycles. The second kappa shape index (κ2) is 3.87. The van der Waals surface area contributed by atoms with Gasteiger partial charge in [-0.2, -0.15) is 0 Å². The zero-order chi connectivity index (χ0) is 11.0. The largest absolute Gasteiger partial charge is 0.0602 e. The topological polar surface area (TPSA) is 0 Å². The Morgan fingerprint density at radius 1 is 0.714 bits per heavy atom. The average Bonchev–Trinajstić information content (AvgIpc) is 1.91. The molecule has 0 heteroatoms. The van der Waals surface area contributed by atoms with E-state index in [9.17, 15) is 0 Å². The van der Waals surface area contributed by atoms with Crippen molar-refractivity contribution in [2.24, 2.45) is 22.7 Å². The summed E-state index contributed by atoms with van der Waals surface area (Å²) in [5.41, 5.74) is 1.06. The highest BCUT2D eigenvalue weighted by Crippen LogP contribution is 2.46. The molecular weight excluding hydrogens is 168 g/mol. The van der Waals surface area contributed by atoms with E-state index in [4.69, 9.17) is 0 Å². The monoisotopic (exact) mass is 196 g/mol. The maximum absolute atomic E-state index is 2.37. The molecule has 0 N–H and O–H groups in total. The Labute approximate surface area is 90.5 Å². The maximum atomic E-state index is 2.37. The van der Waals surface area contributed by atoms with E-state index in [1.54, 1.807) is 0 Å². The molecule has 14 heavy (non-hydrogen) atoms. The lowest BCUT2D eigenvalue weighted by Crippen LogP contribution is -2.32. The quantitative estimate of drug-likeness (QED) is 0.590. The molecule has 84 valence electrons. The Morgan fingerprint density at radius 3 is 1.14 bits per heavy atom.